The van der Waals surface area contributed by atoms with Gasteiger partial charge in [-0.15, -0.1) is 0 Å². The number of amides is 3. The normalized spacial score (nSPS) is 27.8. The van der Waals surface area contributed by atoms with E-state index in [0.29, 0.717) is 35.7 Å². The number of benzene rings is 3. The van der Waals surface area contributed by atoms with Crippen molar-refractivity contribution in [1.82, 2.24) is 5.43 Å². The van der Waals surface area contributed by atoms with E-state index in [1.165, 1.54) is 4.90 Å². The molecule has 3 aliphatic rings. The summed E-state index contributed by atoms with van der Waals surface area (Å²) in [6.07, 6.45) is -2.27. The molecule has 0 bridgehead atoms. The van der Waals surface area contributed by atoms with Crippen molar-refractivity contribution in [3.63, 3.8) is 0 Å². The molecule has 3 N–H and O–H groups in total. The standard InChI is InChI=1S/C32H31N3O7/c36-26-17-25(33-34-32(40)41-18-19-8-3-1-4-9-19)23-14-15-24-28(27(23)29(26)37)31(39)35(30(24)38)20-10-7-13-22(16-20)42-21-11-5-2-6-12-21/h1-13,16,23-24,26-29,36-37H,14-15,17-18H2,(H,34,40)/t23-,24+,26+,27-,28+,29+/m0/s1. The molecule has 3 aromatic carbocycles. The van der Waals surface area contributed by atoms with Crippen LogP contribution in [-0.4, -0.2) is 46.0 Å². The Hall–Kier alpha value is -4.54. The number of hydrazone groups is 1. The Balaban J connectivity index is 1.20. The zero-order valence-corrected chi connectivity index (χ0v) is 22.7. The van der Waals surface area contributed by atoms with Gasteiger partial charge in [0.2, 0.25) is 11.8 Å². The molecule has 3 aromatic rings. The SMILES string of the molecule is O=C(NN=C1C[C@@H](O)[C@@H](O)[C@@H]2[C@@H]3C(=O)N(c4cccc(Oc5ccccc5)c4)C(=O)[C@@H]3CC[C@@H]12)OCc1ccccc1. The Morgan fingerprint density at radius 2 is 1.57 bits per heavy atom. The minimum atomic E-state index is -1.23. The maximum atomic E-state index is 13.9. The molecular formula is C32H31N3O7. The molecule has 1 aliphatic heterocycles. The third-order valence-corrected chi connectivity index (χ3v) is 8.34. The van der Waals surface area contributed by atoms with E-state index in [1.54, 1.807) is 36.4 Å². The highest BCUT2D eigenvalue weighted by Crippen LogP contribution is 2.50. The van der Waals surface area contributed by atoms with E-state index in [4.69, 9.17) is 9.47 Å². The molecule has 0 aromatic heterocycles. The first-order valence-electron chi connectivity index (χ1n) is 14.0. The highest BCUT2D eigenvalue weighted by atomic mass is 16.6. The molecule has 10 heteroatoms. The first-order valence-corrected chi connectivity index (χ1v) is 14.0. The van der Waals surface area contributed by atoms with Gasteiger partial charge in [0.05, 0.1) is 29.7 Å². The fourth-order valence-corrected chi connectivity index (χ4v) is 6.44. The fourth-order valence-electron chi connectivity index (χ4n) is 6.44. The van der Waals surface area contributed by atoms with E-state index in [-0.39, 0.29) is 18.9 Å². The van der Waals surface area contributed by atoms with E-state index in [1.807, 2.05) is 48.5 Å². The number of aliphatic hydroxyl groups excluding tert-OH is 2. The predicted octanol–water partition coefficient (Wildman–Crippen LogP) is 4.02. The lowest BCUT2D eigenvalue weighted by molar-refractivity contribution is -0.132. The summed E-state index contributed by atoms with van der Waals surface area (Å²) in [5, 5.41) is 26.1. The maximum Gasteiger partial charge on any atom is 0.428 e. The number of carbonyl (C=O) groups is 3. The average Bonchev–Trinajstić information content (AvgIpc) is 3.27. The molecule has 42 heavy (non-hydrogen) atoms. The average molecular weight is 570 g/mol. The Kier molecular flexibility index (Phi) is 7.73. The van der Waals surface area contributed by atoms with Crippen molar-refractivity contribution in [2.75, 3.05) is 4.90 Å². The highest BCUT2D eigenvalue weighted by molar-refractivity contribution is 6.22. The Morgan fingerprint density at radius 1 is 0.881 bits per heavy atom. The predicted molar refractivity (Wildman–Crippen MR) is 152 cm³/mol. The quantitative estimate of drug-likeness (QED) is 0.301. The molecule has 1 saturated heterocycles. The van der Waals surface area contributed by atoms with Crippen LogP contribution in [0, 0.1) is 23.7 Å². The summed E-state index contributed by atoms with van der Waals surface area (Å²) in [6.45, 7) is 0.0682. The van der Waals surface area contributed by atoms with Crippen LogP contribution in [0.1, 0.15) is 24.8 Å². The van der Waals surface area contributed by atoms with Crippen molar-refractivity contribution in [1.29, 1.82) is 0 Å². The number of imide groups is 1. The summed E-state index contributed by atoms with van der Waals surface area (Å²) in [7, 11) is 0. The van der Waals surface area contributed by atoms with Gasteiger partial charge in [-0.25, -0.2) is 15.1 Å². The number of hydrogen-bond acceptors (Lipinski definition) is 8. The molecule has 3 fully saturated rings. The number of nitrogens with one attached hydrogen (secondary N) is 1. The summed E-state index contributed by atoms with van der Waals surface area (Å²) in [5.41, 5.74) is 4.05. The van der Waals surface area contributed by atoms with E-state index < -0.39 is 47.9 Å². The van der Waals surface area contributed by atoms with Crippen LogP contribution in [0.5, 0.6) is 11.5 Å². The van der Waals surface area contributed by atoms with E-state index in [2.05, 4.69) is 10.5 Å². The highest BCUT2D eigenvalue weighted by Gasteiger charge is 2.60. The van der Waals surface area contributed by atoms with Gasteiger partial charge >= 0.3 is 6.09 Å². The Labute approximate surface area is 242 Å². The third-order valence-electron chi connectivity index (χ3n) is 8.34. The number of fused-ring (bicyclic) bond motifs is 3. The second kappa shape index (κ2) is 11.8. The van der Waals surface area contributed by atoms with Crippen LogP contribution in [0.2, 0.25) is 0 Å². The number of ether oxygens (including phenoxy) is 2. The van der Waals surface area contributed by atoms with E-state index in [0.717, 1.165) is 5.56 Å². The zero-order valence-electron chi connectivity index (χ0n) is 22.7. The van der Waals surface area contributed by atoms with Gasteiger partial charge in [0.1, 0.15) is 18.1 Å². The van der Waals surface area contributed by atoms with Crippen molar-refractivity contribution in [3.8, 4) is 11.5 Å². The lowest BCUT2D eigenvalue weighted by atomic mass is 9.60. The zero-order chi connectivity index (χ0) is 29.2. The summed E-state index contributed by atoms with van der Waals surface area (Å²) in [4.78, 5) is 40.9. The molecular weight excluding hydrogens is 538 g/mol. The van der Waals surface area contributed by atoms with Gasteiger partial charge in [-0.05, 0) is 42.7 Å². The minimum Gasteiger partial charge on any atom is -0.457 e. The van der Waals surface area contributed by atoms with E-state index in [9.17, 15) is 24.6 Å². The molecule has 6 rings (SSSR count). The fraction of sp³-hybridized carbons (Fsp3) is 0.312. The molecule has 3 amide bonds. The van der Waals surface area contributed by atoms with Crippen LogP contribution >= 0.6 is 0 Å². The van der Waals surface area contributed by atoms with Crippen LogP contribution in [0.15, 0.2) is 90.0 Å². The van der Waals surface area contributed by atoms with E-state index >= 15 is 0 Å². The van der Waals surface area contributed by atoms with Crippen LogP contribution in [-0.2, 0) is 20.9 Å². The summed E-state index contributed by atoms with van der Waals surface area (Å²) in [6, 6.07) is 25.2. The second-order valence-electron chi connectivity index (χ2n) is 10.9. The summed E-state index contributed by atoms with van der Waals surface area (Å²) >= 11 is 0. The van der Waals surface area contributed by atoms with Gasteiger partial charge in [-0.1, -0.05) is 54.6 Å². The van der Waals surface area contributed by atoms with Crippen LogP contribution in [0.25, 0.3) is 0 Å². The Bertz CT molecular complexity index is 1500. The molecule has 0 unspecified atom stereocenters. The van der Waals surface area contributed by atoms with Crippen LogP contribution < -0.4 is 15.1 Å². The molecule has 0 spiro atoms. The monoisotopic (exact) mass is 569 g/mol. The Morgan fingerprint density at radius 3 is 2.33 bits per heavy atom. The first-order chi connectivity index (χ1) is 20.4. The van der Waals surface area contributed by atoms with Crippen molar-refractivity contribution in [3.05, 3.63) is 90.5 Å². The van der Waals surface area contributed by atoms with Crippen molar-refractivity contribution >= 4 is 29.3 Å². The number of hydrogen-bond donors (Lipinski definition) is 3. The van der Waals surface area contributed by atoms with Gasteiger partial charge < -0.3 is 19.7 Å². The smallest absolute Gasteiger partial charge is 0.428 e. The molecule has 216 valence electrons. The first kappa shape index (κ1) is 27.6. The van der Waals surface area contributed by atoms with Crippen LogP contribution in [0.3, 0.4) is 0 Å². The maximum absolute atomic E-state index is 13.9. The molecule has 2 saturated carbocycles. The lowest BCUT2D eigenvalue weighted by Crippen LogP contribution is -2.55. The summed E-state index contributed by atoms with van der Waals surface area (Å²) in [5.74, 6) is -2.29. The topological polar surface area (TPSA) is 138 Å². The molecule has 6 atom stereocenters. The molecule has 10 nitrogen and oxygen atoms in total. The molecule has 0 radical (unpaired) electrons. The van der Waals surface area contributed by atoms with Crippen LogP contribution in [0.4, 0.5) is 10.5 Å². The van der Waals surface area contributed by atoms with Crippen molar-refractivity contribution in [2.45, 2.75) is 38.1 Å². The number of para-hydroxylation sites is 1. The van der Waals surface area contributed by atoms with Crippen molar-refractivity contribution < 1.29 is 34.1 Å². The van der Waals surface area contributed by atoms with Gasteiger partial charge in [-0.3, -0.25) is 9.59 Å². The van der Waals surface area contributed by atoms with Gasteiger partial charge in [0.15, 0.2) is 0 Å². The summed E-state index contributed by atoms with van der Waals surface area (Å²) < 4.78 is 11.1. The lowest BCUT2D eigenvalue weighted by Gasteiger charge is -2.45. The second-order valence-corrected chi connectivity index (χ2v) is 10.9. The largest absolute Gasteiger partial charge is 0.457 e. The van der Waals surface area contributed by atoms with Gasteiger partial charge in [0.25, 0.3) is 0 Å². The van der Waals surface area contributed by atoms with Crippen molar-refractivity contribution in [2.24, 2.45) is 28.8 Å². The number of rotatable bonds is 6. The number of aliphatic hydroxyl groups is 2. The number of carbonyl (C=O) groups excluding carboxylic acids is 3. The molecule has 2 aliphatic carbocycles. The van der Waals surface area contributed by atoms with Gasteiger partial charge in [0, 0.05) is 30.0 Å². The number of anilines is 1. The number of nitrogens with zero attached hydrogens (tertiary/aromatic N) is 2. The van der Waals surface area contributed by atoms with Gasteiger partial charge in [-0.2, -0.15) is 5.10 Å². The minimum absolute atomic E-state index is 0.0312. The third kappa shape index (κ3) is 5.38. The molecule has 1 heterocycles.